The van der Waals surface area contributed by atoms with Crippen molar-refractivity contribution in [2.75, 3.05) is 0 Å². The number of aliphatic hydroxyl groups is 1. The molecule has 0 aromatic heterocycles. The summed E-state index contributed by atoms with van der Waals surface area (Å²) < 4.78 is 5.30. The van der Waals surface area contributed by atoms with Crippen molar-refractivity contribution in [2.45, 2.75) is 72.5 Å². The smallest absolute Gasteiger partial charge is 0.328 e. The van der Waals surface area contributed by atoms with Crippen molar-refractivity contribution in [3.8, 4) is 0 Å². The molecule has 0 aromatic rings. The summed E-state index contributed by atoms with van der Waals surface area (Å²) in [5.41, 5.74) is -1.90. The number of hydrogen-bond acceptors (Lipinski definition) is 5. The highest BCUT2D eigenvalue weighted by Gasteiger charge is 2.49. The topological polar surface area (TPSA) is 101 Å². The molecule has 0 amide bonds. The van der Waals surface area contributed by atoms with Crippen molar-refractivity contribution >= 4 is 17.7 Å². The van der Waals surface area contributed by atoms with E-state index in [0.29, 0.717) is 11.1 Å². The second-order valence-corrected chi connectivity index (χ2v) is 8.68. The van der Waals surface area contributed by atoms with Gasteiger partial charge < -0.3 is 14.9 Å². The van der Waals surface area contributed by atoms with Gasteiger partial charge >= 0.3 is 11.9 Å². The van der Waals surface area contributed by atoms with Gasteiger partial charge in [0.2, 0.25) is 0 Å². The highest BCUT2D eigenvalue weighted by atomic mass is 16.6. The number of aliphatic carboxylic acids is 1. The third-order valence-electron chi connectivity index (χ3n) is 4.67. The van der Waals surface area contributed by atoms with E-state index >= 15 is 0 Å². The molecule has 0 bridgehead atoms. The first-order chi connectivity index (χ1) is 12.1. The molecular formula is C21H30O6. The third kappa shape index (κ3) is 5.63. The van der Waals surface area contributed by atoms with Gasteiger partial charge in [0.1, 0.15) is 11.2 Å². The SMILES string of the molecule is CC(C=C[C@@]1(O)C(C)=C(CC(=O)OC(C)(C)C)C(=O)CC1(C)C)=CC(=O)O. The fourth-order valence-corrected chi connectivity index (χ4v) is 3.19. The van der Waals surface area contributed by atoms with E-state index in [9.17, 15) is 19.5 Å². The molecule has 1 aliphatic carbocycles. The van der Waals surface area contributed by atoms with E-state index in [1.165, 1.54) is 12.2 Å². The van der Waals surface area contributed by atoms with Crippen molar-refractivity contribution in [3.05, 3.63) is 34.9 Å². The van der Waals surface area contributed by atoms with Crippen molar-refractivity contribution in [1.29, 1.82) is 0 Å². The third-order valence-corrected chi connectivity index (χ3v) is 4.67. The van der Waals surface area contributed by atoms with Gasteiger partial charge in [0, 0.05) is 23.5 Å². The molecule has 6 heteroatoms. The van der Waals surface area contributed by atoms with Crippen LogP contribution in [0, 0.1) is 5.41 Å². The lowest BCUT2D eigenvalue weighted by molar-refractivity contribution is -0.154. The van der Waals surface area contributed by atoms with Gasteiger partial charge in [-0.25, -0.2) is 4.79 Å². The van der Waals surface area contributed by atoms with Crippen molar-refractivity contribution < 1.29 is 29.3 Å². The number of carboxylic acid groups (broad SMARTS) is 1. The van der Waals surface area contributed by atoms with Crippen LogP contribution >= 0.6 is 0 Å². The zero-order chi connectivity index (χ0) is 21.2. The van der Waals surface area contributed by atoms with Crippen molar-refractivity contribution in [1.82, 2.24) is 0 Å². The highest BCUT2D eigenvalue weighted by Crippen LogP contribution is 2.47. The van der Waals surface area contributed by atoms with E-state index in [0.717, 1.165) is 6.08 Å². The van der Waals surface area contributed by atoms with Crippen molar-refractivity contribution in [3.63, 3.8) is 0 Å². The molecule has 0 fully saturated rings. The molecular weight excluding hydrogens is 348 g/mol. The zero-order valence-corrected chi connectivity index (χ0v) is 17.2. The fraction of sp³-hybridized carbons (Fsp3) is 0.571. The molecule has 0 aliphatic heterocycles. The van der Waals surface area contributed by atoms with Gasteiger partial charge in [-0.1, -0.05) is 19.9 Å². The summed E-state index contributed by atoms with van der Waals surface area (Å²) in [6.45, 7) is 12.0. The molecule has 0 unspecified atom stereocenters. The lowest BCUT2D eigenvalue weighted by Gasteiger charge is -2.45. The Balaban J connectivity index is 3.33. The lowest BCUT2D eigenvalue weighted by atomic mass is 9.62. The standard InChI is InChI=1S/C21H30O6/c1-13(10-17(23)24)8-9-21(26)14(2)15(16(22)12-20(21,6)7)11-18(25)27-19(3,4)5/h8-10,26H,11-12H2,1-7H3,(H,23,24)/t21-/m1/s1. The van der Waals surface area contributed by atoms with E-state index in [-0.39, 0.29) is 24.2 Å². The normalized spacial score (nSPS) is 23.7. The van der Waals surface area contributed by atoms with Crippen LogP contribution in [0.1, 0.15) is 61.3 Å². The van der Waals surface area contributed by atoms with Crippen LogP contribution < -0.4 is 0 Å². The molecule has 0 radical (unpaired) electrons. The number of ketones is 1. The maximum atomic E-state index is 12.6. The number of esters is 1. The Morgan fingerprint density at radius 2 is 1.81 bits per heavy atom. The summed E-state index contributed by atoms with van der Waals surface area (Å²) in [6, 6.07) is 0. The number of Topliss-reactive ketones (excluding diaryl/α,β-unsaturated/α-hetero) is 1. The molecule has 0 aromatic carbocycles. The van der Waals surface area contributed by atoms with Gasteiger partial charge in [-0.2, -0.15) is 0 Å². The minimum Gasteiger partial charge on any atom is -0.478 e. The first-order valence-electron chi connectivity index (χ1n) is 8.87. The van der Waals surface area contributed by atoms with Crippen molar-refractivity contribution in [2.24, 2.45) is 5.41 Å². The van der Waals surface area contributed by atoms with E-state index in [1.54, 1.807) is 48.5 Å². The summed E-state index contributed by atoms with van der Waals surface area (Å²) in [5.74, 6) is -1.81. The van der Waals surface area contributed by atoms with Gasteiger partial charge in [0.15, 0.2) is 5.78 Å². The Morgan fingerprint density at radius 3 is 2.30 bits per heavy atom. The Hall–Kier alpha value is -2.21. The first-order valence-corrected chi connectivity index (χ1v) is 8.87. The fourth-order valence-electron chi connectivity index (χ4n) is 3.19. The molecule has 0 spiro atoms. The molecule has 1 rings (SSSR count). The second-order valence-electron chi connectivity index (χ2n) is 8.68. The number of carbonyl (C=O) groups excluding carboxylic acids is 2. The number of carbonyl (C=O) groups is 3. The van der Waals surface area contributed by atoms with Crippen LogP contribution in [0.25, 0.3) is 0 Å². The molecule has 2 N–H and O–H groups in total. The average molecular weight is 378 g/mol. The van der Waals surface area contributed by atoms with E-state index in [4.69, 9.17) is 9.84 Å². The Labute approximate surface area is 160 Å². The number of carboxylic acids is 1. The monoisotopic (exact) mass is 378 g/mol. The molecule has 0 saturated heterocycles. The summed E-state index contributed by atoms with van der Waals surface area (Å²) >= 11 is 0. The quantitative estimate of drug-likeness (QED) is 0.432. The van der Waals surface area contributed by atoms with Gasteiger partial charge in [-0.05, 0) is 51.8 Å². The van der Waals surface area contributed by atoms with Crippen LogP contribution in [0.5, 0.6) is 0 Å². The Kier molecular flexibility index (Phi) is 6.60. The first kappa shape index (κ1) is 22.8. The van der Waals surface area contributed by atoms with E-state index in [1.807, 2.05) is 0 Å². The molecule has 1 aliphatic rings. The average Bonchev–Trinajstić information content (AvgIpc) is 2.45. The lowest BCUT2D eigenvalue weighted by Crippen LogP contribution is -2.49. The minimum absolute atomic E-state index is 0.0605. The summed E-state index contributed by atoms with van der Waals surface area (Å²) in [5, 5.41) is 20.2. The van der Waals surface area contributed by atoms with Gasteiger partial charge in [0.05, 0.1) is 6.42 Å². The minimum atomic E-state index is -1.49. The highest BCUT2D eigenvalue weighted by molar-refractivity contribution is 6.02. The molecule has 27 heavy (non-hydrogen) atoms. The molecule has 150 valence electrons. The van der Waals surface area contributed by atoms with Crippen LogP contribution in [0.2, 0.25) is 0 Å². The molecule has 1 atom stereocenters. The van der Waals surface area contributed by atoms with E-state index < -0.39 is 28.6 Å². The van der Waals surface area contributed by atoms with Crippen LogP contribution in [0.4, 0.5) is 0 Å². The largest absolute Gasteiger partial charge is 0.478 e. The predicted molar refractivity (Wildman–Crippen MR) is 102 cm³/mol. The van der Waals surface area contributed by atoms with Crippen LogP contribution in [0.3, 0.4) is 0 Å². The molecule has 0 saturated carbocycles. The Bertz CT molecular complexity index is 730. The van der Waals surface area contributed by atoms with Crippen LogP contribution in [0.15, 0.2) is 34.9 Å². The number of rotatable bonds is 5. The number of ether oxygens (including phenoxy) is 1. The van der Waals surface area contributed by atoms with Gasteiger partial charge in [-0.15, -0.1) is 0 Å². The second kappa shape index (κ2) is 7.80. The maximum absolute atomic E-state index is 12.6. The Morgan fingerprint density at radius 1 is 1.26 bits per heavy atom. The molecule has 0 heterocycles. The number of allylic oxidation sites excluding steroid dienone is 2. The van der Waals surface area contributed by atoms with Gasteiger partial charge in [0.25, 0.3) is 0 Å². The zero-order valence-electron chi connectivity index (χ0n) is 17.2. The van der Waals surface area contributed by atoms with E-state index in [2.05, 4.69) is 0 Å². The summed E-state index contributed by atoms with van der Waals surface area (Å²) in [4.78, 5) is 35.6. The molecule has 6 nitrogen and oxygen atoms in total. The van der Waals surface area contributed by atoms with Crippen LogP contribution in [-0.2, 0) is 19.1 Å². The predicted octanol–water partition coefficient (Wildman–Crippen LogP) is 3.35. The van der Waals surface area contributed by atoms with Gasteiger partial charge in [-0.3, -0.25) is 9.59 Å². The maximum Gasteiger partial charge on any atom is 0.328 e. The number of hydrogen-bond donors (Lipinski definition) is 2. The summed E-state index contributed by atoms with van der Waals surface area (Å²) in [7, 11) is 0. The summed E-state index contributed by atoms with van der Waals surface area (Å²) in [6.07, 6.45) is 3.89. The van der Waals surface area contributed by atoms with Crippen LogP contribution in [-0.4, -0.2) is 39.1 Å².